The first-order valence-electron chi connectivity index (χ1n) is 17.0. The topological polar surface area (TPSA) is 138 Å². The lowest BCUT2D eigenvalue weighted by Crippen LogP contribution is -2.54. The van der Waals surface area contributed by atoms with E-state index in [0.29, 0.717) is 31.2 Å². The predicted molar refractivity (Wildman–Crippen MR) is 188 cm³/mol. The van der Waals surface area contributed by atoms with Crippen LogP contribution in [0.4, 0.5) is 9.59 Å². The first-order valence-corrected chi connectivity index (χ1v) is 17.0. The molecule has 0 spiro atoms. The van der Waals surface area contributed by atoms with Crippen molar-refractivity contribution >= 4 is 12.2 Å². The number of likely N-dealkylation sites (tertiary alicyclic amines) is 2. The number of carboxylic acid groups (broad SMARTS) is 2. The van der Waals surface area contributed by atoms with Crippen LogP contribution in [0.15, 0.2) is 91.3 Å². The summed E-state index contributed by atoms with van der Waals surface area (Å²) in [6.07, 6.45) is 6.54. The van der Waals surface area contributed by atoms with Crippen molar-refractivity contribution in [1.82, 2.24) is 29.7 Å². The van der Waals surface area contributed by atoms with Crippen LogP contribution < -0.4 is 0 Å². The first-order chi connectivity index (χ1) is 23.7. The molecule has 10 nitrogen and oxygen atoms in total. The maximum atomic E-state index is 12.6. The third kappa shape index (κ3) is 5.96. The van der Waals surface area contributed by atoms with Crippen molar-refractivity contribution in [3.63, 3.8) is 0 Å². The molecule has 4 N–H and O–H groups in total. The summed E-state index contributed by atoms with van der Waals surface area (Å²) in [7, 11) is 0. The predicted octanol–water partition coefficient (Wildman–Crippen LogP) is 8.58. The van der Waals surface area contributed by atoms with E-state index in [4.69, 9.17) is 4.98 Å². The van der Waals surface area contributed by atoms with E-state index in [1.165, 1.54) is 10.5 Å². The largest absolute Gasteiger partial charge is 0.465 e. The summed E-state index contributed by atoms with van der Waals surface area (Å²) in [5, 5.41) is 19.8. The number of aromatic nitrogens is 4. The number of aryl methyl sites for hydroxylation is 1. The van der Waals surface area contributed by atoms with Gasteiger partial charge in [-0.15, -0.1) is 0 Å². The molecule has 49 heavy (non-hydrogen) atoms. The first kappa shape index (κ1) is 32.2. The lowest BCUT2D eigenvalue weighted by molar-refractivity contribution is 0.00632. The minimum absolute atomic E-state index is 0.235. The van der Waals surface area contributed by atoms with Gasteiger partial charge in [0.05, 0.1) is 29.8 Å². The molecule has 4 heterocycles. The van der Waals surface area contributed by atoms with Crippen LogP contribution in [0.25, 0.3) is 33.6 Å². The van der Waals surface area contributed by atoms with Crippen molar-refractivity contribution in [2.24, 2.45) is 5.41 Å². The maximum Gasteiger partial charge on any atom is 0.408 e. The van der Waals surface area contributed by atoms with Crippen LogP contribution in [0.1, 0.15) is 69.2 Å². The van der Waals surface area contributed by atoms with Crippen molar-refractivity contribution in [2.75, 3.05) is 13.1 Å². The fraction of sp³-hybridized carbons (Fsp3) is 0.333. The number of hydrogen-bond acceptors (Lipinski definition) is 4. The zero-order chi connectivity index (χ0) is 34.2. The normalized spacial score (nSPS) is 19.4. The van der Waals surface area contributed by atoms with E-state index in [2.05, 4.69) is 77.3 Å². The molecule has 2 atom stereocenters. The fourth-order valence-electron chi connectivity index (χ4n) is 7.95. The Morgan fingerprint density at radius 3 is 2.04 bits per heavy atom. The Hall–Kier alpha value is -5.38. The van der Waals surface area contributed by atoms with E-state index in [9.17, 15) is 19.8 Å². The number of hydrogen-bond donors (Lipinski definition) is 4. The second-order valence-electron chi connectivity index (χ2n) is 13.9. The number of nitrogens with one attached hydrogen (secondary N) is 2. The molecule has 2 aliphatic heterocycles. The molecule has 2 aliphatic rings. The standard InChI is InChI=1S/C39H42N6O4/c1-38(2,21-19-26-8-4-3-5-9-26)39(20-7-23-45(39)37(48)49)35-41-25-32(43-35)30-17-13-28(14-18-30)27-11-15-29(16-12-27)31-24-40-34(42-31)33-10-6-22-44(33)36(46)47/h3-5,8-9,11-18,24-25,33H,6-7,10,19-23H2,1-2H3,(H,40,42)(H,41,43)(H,46,47)(H,48,49)/t33-,39+/m0/s1. The summed E-state index contributed by atoms with van der Waals surface area (Å²) in [5.74, 6) is 1.38. The molecule has 5 aromatic rings. The molecule has 0 radical (unpaired) electrons. The summed E-state index contributed by atoms with van der Waals surface area (Å²) in [6, 6.07) is 26.6. The van der Waals surface area contributed by atoms with Crippen molar-refractivity contribution in [2.45, 2.75) is 64.0 Å². The van der Waals surface area contributed by atoms with E-state index < -0.39 is 17.7 Å². The average molecular weight is 659 g/mol. The third-order valence-corrected chi connectivity index (χ3v) is 10.7. The lowest BCUT2D eigenvalue weighted by Gasteiger charge is -2.47. The summed E-state index contributed by atoms with van der Waals surface area (Å²) < 4.78 is 0. The quantitative estimate of drug-likeness (QED) is 0.125. The van der Waals surface area contributed by atoms with Gasteiger partial charge in [0.25, 0.3) is 0 Å². The Morgan fingerprint density at radius 1 is 0.796 bits per heavy atom. The highest BCUT2D eigenvalue weighted by atomic mass is 16.4. The number of imidazole rings is 2. The highest BCUT2D eigenvalue weighted by Crippen LogP contribution is 2.53. The Kier molecular flexibility index (Phi) is 8.48. The molecule has 2 saturated heterocycles. The number of rotatable bonds is 9. The van der Waals surface area contributed by atoms with Gasteiger partial charge in [-0.05, 0) is 71.8 Å². The van der Waals surface area contributed by atoms with Gasteiger partial charge in [-0.3, -0.25) is 9.80 Å². The Morgan fingerprint density at radius 2 is 1.41 bits per heavy atom. The van der Waals surface area contributed by atoms with Crippen LogP contribution >= 0.6 is 0 Å². The summed E-state index contributed by atoms with van der Waals surface area (Å²) in [4.78, 5) is 43.5. The van der Waals surface area contributed by atoms with Crippen molar-refractivity contribution in [3.8, 4) is 33.6 Å². The fourth-order valence-corrected chi connectivity index (χ4v) is 7.95. The number of H-pyrrole nitrogens is 2. The number of carbonyl (C=O) groups is 2. The minimum Gasteiger partial charge on any atom is -0.465 e. The number of benzene rings is 3. The van der Waals surface area contributed by atoms with E-state index >= 15 is 0 Å². The molecule has 2 fully saturated rings. The number of amides is 2. The van der Waals surface area contributed by atoms with E-state index in [1.807, 2.05) is 36.5 Å². The van der Waals surface area contributed by atoms with Crippen LogP contribution in [0.3, 0.4) is 0 Å². The van der Waals surface area contributed by atoms with Gasteiger partial charge >= 0.3 is 12.2 Å². The van der Waals surface area contributed by atoms with Crippen LogP contribution in [-0.2, 0) is 12.0 Å². The Labute approximate surface area is 285 Å². The molecule has 0 aliphatic carbocycles. The Bertz CT molecular complexity index is 1930. The summed E-state index contributed by atoms with van der Waals surface area (Å²) in [5.41, 5.74) is 5.89. The SMILES string of the molecule is CC(C)(CCc1ccccc1)[C@]1(c2ncc(-c3ccc(-c4ccc(-c5cnc([C@@H]6CCCN6C(=O)O)[nH]5)cc4)cc3)[nH]2)CCCN1C(=O)O. The molecular weight excluding hydrogens is 616 g/mol. The molecule has 3 aromatic carbocycles. The number of aromatic amines is 2. The van der Waals surface area contributed by atoms with Gasteiger partial charge in [-0.25, -0.2) is 19.6 Å². The van der Waals surface area contributed by atoms with Gasteiger partial charge in [-0.2, -0.15) is 0 Å². The number of nitrogens with zero attached hydrogens (tertiary/aromatic N) is 4. The van der Waals surface area contributed by atoms with Gasteiger partial charge in [0, 0.05) is 13.1 Å². The molecular formula is C39H42N6O4. The monoisotopic (exact) mass is 658 g/mol. The van der Waals surface area contributed by atoms with Crippen LogP contribution in [-0.4, -0.2) is 65.2 Å². The highest BCUT2D eigenvalue weighted by molar-refractivity contribution is 5.72. The van der Waals surface area contributed by atoms with Gasteiger partial charge in [-0.1, -0.05) is 92.7 Å². The van der Waals surface area contributed by atoms with Crippen LogP contribution in [0, 0.1) is 5.41 Å². The molecule has 0 unspecified atom stereocenters. The zero-order valence-electron chi connectivity index (χ0n) is 27.9. The molecule has 0 bridgehead atoms. The van der Waals surface area contributed by atoms with Gasteiger partial charge < -0.3 is 20.2 Å². The van der Waals surface area contributed by atoms with Crippen molar-refractivity contribution in [1.29, 1.82) is 0 Å². The van der Waals surface area contributed by atoms with Crippen molar-refractivity contribution < 1.29 is 19.8 Å². The summed E-state index contributed by atoms with van der Waals surface area (Å²) in [6.45, 7) is 5.36. The summed E-state index contributed by atoms with van der Waals surface area (Å²) >= 11 is 0. The van der Waals surface area contributed by atoms with E-state index in [-0.39, 0.29) is 11.5 Å². The smallest absolute Gasteiger partial charge is 0.408 e. The molecule has 10 heteroatoms. The van der Waals surface area contributed by atoms with Crippen molar-refractivity contribution in [3.05, 3.63) is 108 Å². The second-order valence-corrected chi connectivity index (χ2v) is 13.9. The van der Waals surface area contributed by atoms with Crippen LogP contribution in [0.5, 0.6) is 0 Å². The highest BCUT2D eigenvalue weighted by Gasteiger charge is 2.56. The molecule has 2 aromatic heterocycles. The van der Waals surface area contributed by atoms with Crippen LogP contribution in [0.2, 0.25) is 0 Å². The molecule has 2 amide bonds. The molecule has 0 saturated carbocycles. The molecule has 252 valence electrons. The van der Waals surface area contributed by atoms with Gasteiger partial charge in [0.2, 0.25) is 0 Å². The lowest BCUT2D eigenvalue weighted by atomic mass is 9.67. The average Bonchev–Trinajstić information content (AvgIpc) is 3.94. The van der Waals surface area contributed by atoms with Gasteiger partial charge in [0.1, 0.15) is 17.2 Å². The molecule has 7 rings (SSSR count). The Balaban J connectivity index is 1.09. The minimum atomic E-state index is -0.912. The van der Waals surface area contributed by atoms with E-state index in [0.717, 1.165) is 65.7 Å². The third-order valence-electron chi connectivity index (χ3n) is 10.7. The van der Waals surface area contributed by atoms with E-state index in [1.54, 1.807) is 11.1 Å². The second kappa shape index (κ2) is 12.9. The van der Waals surface area contributed by atoms with Gasteiger partial charge in [0.15, 0.2) is 0 Å². The zero-order valence-corrected chi connectivity index (χ0v) is 27.9. The maximum absolute atomic E-state index is 12.6.